The average Bonchev–Trinajstić information content (AvgIpc) is 2.97. The van der Waals surface area contributed by atoms with Crippen molar-refractivity contribution in [3.63, 3.8) is 0 Å². The van der Waals surface area contributed by atoms with Crippen LogP contribution in [0.25, 0.3) is 5.69 Å². The molecule has 1 aromatic heterocycles. The number of hydrogen-bond donors (Lipinski definition) is 2. The number of carboxylic acids is 1. The Labute approximate surface area is 173 Å². The van der Waals surface area contributed by atoms with E-state index in [9.17, 15) is 14.4 Å². The Bertz CT molecular complexity index is 1070. The van der Waals surface area contributed by atoms with Gasteiger partial charge < -0.3 is 9.84 Å². The number of nitrogens with one attached hydrogen (secondary N) is 1. The summed E-state index contributed by atoms with van der Waals surface area (Å²) in [6.07, 6.45) is -0.148. The number of rotatable bonds is 8. The molecular formula is C22H23N3O5. The summed E-state index contributed by atoms with van der Waals surface area (Å²) in [4.78, 5) is 36.3. The zero-order valence-electron chi connectivity index (χ0n) is 16.6. The molecule has 0 unspecified atom stereocenters. The van der Waals surface area contributed by atoms with Crippen LogP contribution >= 0.6 is 0 Å². The van der Waals surface area contributed by atoms with Crippen molar-refractivity contribution in [1.82, 2.24) is 9.36 Å². The van der Waals surface area contributed by atoms with E-state index in [1.807, 2.05) is 36.4 Å². The first-order valence-corrected chi connectivity index (χ1v) is 9.53. The fourth-order valence-corrected chi connectivity index (χ4v) is 3.19. The molecule has 0 radical (unpaired) electrons. The summed E-state index contributed by atoms with van der Waals surface area (Å²) in [6.45, 7) is 0.0702. The summed E-state index contributed by atoms with van der Waals surface area (Å²) in [5.41, 5.74) is 1.66. The maximum Gasteiger partial charge on any atom is 0.412 e. The van der Waals surface area contributed by atoms with E-state index < -0.39 is 17.6 Å². The van der Waals surface area contributed by atoms with Crippen molar-refractivity contribution in [3.8, 4) is 5.69 Å². The monoisotopic (exact) mass is 409 g/mol. The zero-order valence-corrected chi connectivity index (χ0v) is 16.6. The van der Waals surface area contributed by atoms with Gasteiger partial charge in [0.05, 0.1) is 11.4 Å². The van der Waals surface area contributed by atoms with Gasteiger partial charge >= 0.3 is 12.1 Å². The maximum absolute atomic E-state index is 13.1. The third kappa shape index (κ3) is 4.96. The molecule has 8 heteroatoms. The smallest absolute Gasteiger partial charge is 0.412 e. The van der Waals surface area contributed by atoms with Crippen molar-refractivity contribution in [1.29, 1.82) is 0 Å². The van der Waals surface area contributed by atoms with E-state index in [4.69, 9.17) is 9.84 Å². The summed E-state index contributed by atoms with van der Waals surface area (Å²) in [7, 11) is 1.70. The van der Waals surface area contributed by atoms with E-state index in [1.165, 1.54) is 4.68 Å². The molecule has 0 aliphatic rings. The first-order valence-electron chi connectivity index (χ1n) is 9.53. The molecule has 2 N–H and O–H groups in total. The number of aliphatic carboxylic acids is 1. The van der Waals surface area contributed by atoms with Crippen molar-refractivity contribution in [3.05, 3.63) is 82.3 Å². The van der Waals surface area contributed by atoms with Gasteiger partial charge in [-0.2, -0.15) is 0 Å². The van der Waals surface area contributed by atoms with Crippen molar-refractivity contribution in [2.45, 2.75) is 25.9 Å². The van der Waals surface area contributed by atoms with Gasteiger partial charge in [0.15, 0.2) is 0 Å². The standard InChI is InChI=1S/C22H23N3O5/c1-24-18(13-8-14-19(26)27)20(21(28)25(24)17-11-6-3-7-12-17)23-22(29)30-15-16-9-4-2-5-10-16/h2-7,9-12H,8,13-15H2,1H3,(H,23,29)(H,26,27). The first kappa shape index (κ1) is 20.9. The molecule has 0 fully saturated rings. The van der Waals surface area contributed by atoms with Gasteiger partial charge in [0.25, 0.3) is 5.56 Å². The molecule has 0 bridgehead atoms. The number of nitrogens with zero attached hydrogens (tertiary/aromatic N) is 2. The molecule has 0 saturated carbocycles. The van der Waals surface area contributed by atoms with Gasteiger partial charge in [-0.05, 0) is 30.5 Å². The van der Waals surface area contributed by atoms with E-state index in [0.717, 1.165) is 5.56 Å². The van der Waals surface area contributed by atoms with Crippen LogP contribution in [0, 0.1) is 0 Å². The van der Waals surface area contributed by atoms with Gasteiger partial charge in [0.2, 0.25) is 0 Å². The lowest BCUT2D eigenvalue weighted by Crippen LogP contribution is -2.23. The average molecular weight is 409 g/mol. The molecule has 1 amide bonds. The molecule has 0 saturated heterocycles. The minimum atomic E-state index is -0.917. The molecule has 8 nitrogen and oxygen atoms in total. The van der Waals surface area contributed by atoms with Crippen LogP contribution in [0.1, 0.15) is 24.1 Å². The van der Waals surface area contributed by atoms with E-state index in [2.05, 4.69) is 5.32 Å². The summed E-state index contributed by atoms with van der Waals surface area (Å²) < 4.78 is 8.30. The predicted octanol–water partition coefficient (Wildman–Crippen LogP) is 3.33. The normalized spacial score (nSPS) is 10.6. The number of aromatic nitrogens is 2. The molecule has 3 rings (SSSR count). The highest BCUT2D eigenvalue weighted by Crippen LogP contribution is 2.18. The molecule has 2 aromatic carbocycles. The summed E-state index contributed by atoms with van der Waals surface area (Å²) in [6, 6.07) is 18.2. The highest BCUT2D eigenvalue weighted by Gasteiger charge is 2.21. The lowest BCUT2D eigenvalue weighted by molar-refractivity contribution is -0.137. The Hall–Kier alpha value is -3.81. The highest BCUT2D eigenvalue weighted by molar-refractivity contribution is 5.85. The van der Waals surface area contributed by atoms with Crippen LogP contribution in [0.5, 0.6) is 0 Å². The van der Waals surface area contributed by atoms with Gasteiger partial charge in [0, 0.05) is 13.5 Å². The summed E-state index contributed by atoms with van der Waals surface area (Å²) in [5.74, 6) is -0.917. The van der Waals surface area contributed by atoms with E-state index in [1.54, 1.807) is 36.0 Å². The van der Waals surface area contributed by atoms with Crippen molar-refractivity contribution >= 4 is 17.7 Å². The quantitative estimate of drug-likeness (QED) is 0.594. The first-order chi connectivity index (χ1) is 14.5. The number of carbonyl (C=O) groups excluding carboxylic acids is 1. The Morgan fingerprint density at radius 3 is 2.30 bits per heavy atom. The summed E-state index contributed by atoms with van der Waals surface area (Å²) in [5, 5.41) is 11.5. The molecule has 3 aromatic rings. The van der Waals surface area contributed by atoms with Gasteiger partial charge in [-0.1, -0.05) is 48.5 Å². The van der Waals surface area contributed by atoms with Crippen molar-refractivity contribution < 1.29 is 19.4 Å². The second-order valence-corrected chi connectivity index (χ2v) is 6.73. The van der Waals surface area contributed by atoms with E-state index >= 15 is 0 Å². The lowest BCUT2D eigenvalue weighted by atomic mass is 10.1. The van der Waals surface area contributed by atoms with Crippen LogP contribution in [0.4, 0.5) is 10.5 Å². The molecular weight excluding hydrogens is 386 g/mol. The Morgan fingerprint density at radius 2 is 1.67 bits per heavy atom. The molecule has 156 valence electrons. The number of anilines is 1. The van der Waals surface area contributed by atoms with Crippen LogP contribution in [0.15, 0.2) is 65.5 Å². The van der Waals surface area contributed by atoms with Crippen molar-refractivity contribution in [2.24, 2.45) is 7.05 Å². The van der Waals surface area contributed by atoms with E-state index in [0.29, 0.717) is 24.2 Å². The highest BCUT2D eigenvalue weighted by atomic mass is 16.5. The summed E-state index contributed by atoms with van der Waals surface area (Å²) >= 11 is 0. The topological polar surface area (TPSA) is 103 Å². The second kappa shape index (κ2) is 9.60. The minimum Gasteiger partial charge on any atom is -0.481 e. The number of hydrogen-bond acceptors (Lipinski definition) is 4. The second-order valence-electron chi connectivity index (χ2n) is 6.73. The zero-order chi connectivity index (χ0) is 21.5. The third-order valence-electron chi connectivity index (χ3n) is 4.63. The molecule has 0 aliphatic heterocycles. The fraction of sp³-hybridized carbons (Fsp3) is 0.227. The fourth-order valence-electron chi connectivity index (χ4n) is 3.19. The third-order valence-corrected chi connectivity index (χ3v) is 4.63. The lowest BCUT2D eigenvalue weighted by Gasteiger charge is -2.10. The number of benzene rings is 2. The molecule has 0 aliphatic carbocycles. The van der Waals surface area contributed by atoms with Gasteiger partial charge in [-0.15, -0.1) is 0 Å². The minimum absolute atomic E-state index is 0.0391. The van der Waals surface area contributed by atoms with E-state index in [-0.39, 0.29) is 18.7 Å². The van der Waals surface area contributed by atoms with Gasteiger partial charge in [-0.25, -0.2) is 9.48 Å². The predicted molar refractivity (Wildman–Crippen MR) is 112 cm³/mol. The van der Waals surface area contributed by atoms with Crippen LogP contribution in [0.3, 0.4) is 0 Å². The number of amides is 1. The number of para-hydroxylation sites is 1. The molecule has 0 spiro atoms. The molecule has 30 heavy (non-hydrogen) atoms. The van der Waals surface area contributed by atoms with Gasteiger partial charge in [0.1, 0.15) is 12.3 Å². The van der Waals surface area contributed by atoms with Gasteiger partial charge in [-0.3, -0.25) is 19.6 Å². The Kier molecular flexibility index (Phi) is 6.69. The van der Waals surface area contributed by atoms with Crippen LogP contribution < -0.4 is 10.9 Å². The van der Waals surface area contributed by atoms with Crippen LogP contribution in [0.2, 0.25) is 0 Å². The Balaban J connectivity index is 1.86. The Morgan fingerprint density at radius 1 is 1.03 bits per heavy atom. The number of carbonyl (C=O) groups is 2. The van der Waals surface area contributed by atoms with Crippen LogP contribution in [-0.2, 0) is 29.6 Å². The molecule has 0 atom stereocenters. The SMILES string of the molecule is Cn1c(CCCC(=O)O)c(NC(=O)OCc2ccccc2)c(=O)n1-c1ccccc1. The van der Waals surface area contributed by atoms with Crippen molar-refractivity contribution in [2.75, 3.05) is 5.32 Å². The van der Waals surface area contributed by atoms with Crippen LogP contribution in [-0.4, -0.2) is 26.5 Å². The molecule has 1 heterocycles. The number of ether oxygens (including phenoxy) is 1. The maximum atomic E-state index is 13.1. The number of carboxylic acid groups (broad SMARTS) is 1. The largest absolute Gasteiger partial charge is 0.481 e.